The van der Waals surface area contributed by atoms with Crippen molar-refractivity contribution in [3.63, 3.8) is 0 Å². The van der Waals surface area contributed by atoms with Crippen molar-refractivity contribution < 1.29 is 36.3 Å². The summed E-state index contributed by atoms with van der Waals surface area (Å²) in [5.74, 6) is -2.19. The quantitative estimate of drug-likeness (QED) is 0.229. The first kappa shape index (κ1) is 32.7. The third-order valence-corrected chi connectivity index (χ3v) is 8.16. The van der Waals surface area contributed by atoms with Gasteiger partial charge in [-0.1, -0.05) is 68.4 Å². The maximum atomic E-state index is 12.9. The molecule has 0 radical (unpaired) electrons. The van der Waals surface area contributed by atoms with Gasteiger partial charge < -0.3 is 10.4 Å². The summed E-state index contributed by atoms with van der Waals surface area (Å²) in [5.41, 5.74) is 3.32. The number of carboxylic acid groups (broad SMARTS) is 1. The van der Waals surface area contributed by atoms with Gasteiger partial charge in [0.05, 0.1) is 10.3 Å². The van der Waals surface area contributed by atoms with Crippen molar-refractivity contribution in [3.8, 4) is 0 Å². The zero-order valence-electron chi connectivity index (χ0n) is 23.4. The van der Waals surface area contributed by atoms with Crippen LogP contribution in [0.3, 0.4) is 0 Å². The van der Waals surface area contributed by atoms with Crippen LogP contribution in [-0.4, -0.2) is 38.1 Å². The molecule has 226 valence electrons. The van der Waals surface area contributed by atoms with E-state index in [9.17, 15) is 26.4 Å². The van der Waals surface area contributed by atoms with Crippen LogP contribution in [-0.2, 0) is 37.9 Å². The smallest absolute Gasteiger partial charge is 0.475 e. The number of carboxylic acids is 1. The molecule has 3 N–H and O–H groups in total. The molecule has 1 saturated carbocycles. The molecule has 4 rings (SSSR count). The highest BCUT2D eigenvalue weighted by Crippen LogP contribution is 2.48. The second-order valence-electron chi connectivity index (χ2n) is 10.7. The fourth-order valence-corrected chi connectivity index (χ4v) is 5.49. The van der Waals surface area contributed by atoms with Gasteiger partial charge in [0.2, 0.25) is 5.91 Å². The number of alkyl halides is 3. The predicted octanol–water partition coefficient (Wildman–Crippen LogP) is 6.10. The Kier molecular flexibility index (Phi) is 10.8. The molecule has 0 bridgehead atoms. The molecule has 1 fully saturated rings. The van der Waals surface area contributed by atoms with Crippen LogP contribution in [0.5, 0.6) is 0 Å². The predicted molar refractivity (Wildman–Crippen MR) is 155 cm³/mol. The van der Waals surface area contributed by atoms with Crippen LogP contribution in [0, 0.1) is 5.92 Å². The number of hydrogen-bond donors (Lipinski definition) is 3. The summed E-state index contributed by atoms with van der Waals surface area (Å²) in [6, 6.07) is 24.5. The Bertz CT molecular complexity index is 1440. The molecule has 0 aromatic heterocycles. The fraction of sp³-hybridized carbons (Fsp3) is 0.355. The fourth-order valence-electron chi connectivity index (χ4n) is 4.43. The highest BCUT2D eigenvalue weighted by Gasteiger charge is 2.51. The summed E-state index contributed by atoms with van der Waals surface area (Å²) in [5, 5.41) is 10.2. The van der Waals surface area contributed by atoms with Crippen molar-refractivity contribution in [2.45, 2.75) is 62.4 Å². The number of amides is 1. The number of nitrogens with one attached hydrogen (secondary N) is 2. The van der Waals surface area contributed by atoms with E-state index in [4.69, 9.17) is 9.90 Å². The minimum atomic E-state index is -5.08. The van der Waals surface area contributed by atoms with E-state index in [1.165, 1.54) is 5.56 Å². The van der Waals surface area contributed by atoms with Crippen molar-refractivity contribution >= 4 is 27.6 Å². The second kappa shape index (κ2) is 13.9. The van der Waals surface area contributed by atoms with Gasteiger partial charge in [-0.25, -0.2) is 13.2 Å². The number of aryl methyl sites for hydroxylation is 1. The minimum absolute atomic E-state index is 0.0559. The van der Waals surface area contributed by atoms with Crippen LogP contribution >= 0.6 is 0 Å². The Balaban J connectivity index is 0.000000616. The summed E-state index contributed by atoms with van der Waals surface area (Å²) < 4.78 is 60.0. The van der Waals surface area contributed by atoms with Crippen molar-refractivity contribution in [2.24, 2.45) is 5.92 Å². The number of rotatable bonds is 11. The molecule has 3 aromatic rings. The molecule has 0 atom stereocenters. The number of halogens is 3. The van der Waals surface area contributed by atoms with Gasteiger partial charge in [0.1, 0.15) is 0 Å². The molecular formula is C31H35F3N2O5S. The molecule has 42 heavy (non-hydrogen) atoms. The highest BCUT2D eigenvalue weighted by molar-refractivity contribution is 7.92. The Morgan fingerprint density at radius 2 is 1.48 bits per heavy atom. The van der Waals surface area contributed by atoms with E-state index in [0.717, 1.165) is 43.2 Å². The van der Waals surface area contributed by atoms with E-state index in [0.29, 0.717) is 18.2 Å². The Morgan fingerprint density at radius 1 is 0.905 bits per heavy atom. The number of hydrogen-bond acceptors (Lipinski definition) is 4. The van der Waals surface area contributed by atoms with Crippen LogP contribution in [0.1, 0.15) is 49.8 Å². The number of anilines is 1. The van der Waals surface area contributed by atoms with Crippen molar-refractivity contribution in [1.29, 1.82) is 0 Å². The molecule has 0 heterocycles. The zero-order chi connectivity index (χ0) is 31.0. The summed E-state index contributed by atoms with van der Waals surface area (Å²) in [6.07, 6.45) is -0.720. The zero-order valence-corrected chi connectivity index (χ0v) is 24.3. The molecule has 1 amide bonds. The molecule has 3 aromatic carbocycles. The summed E-state index contributed by atoms with van der Waals surface area (Å²) >= 11 is 0. The van der Waals surface area contributed by atoms with E-state index >= 15 is 0 Å². The van der Waals surface area contributed by atoms with Crippen molar-refractivity contribution in [1.82, 2.24) is 5.32 Å². The second-order valence-corrected chi connectivity index (χ2v) is 12.3. The van der Waals surface area contributed by atoms with Gasteiger partial charge in [-0.05, 0) is 79.0 Å². The summed E-state index contributed by atoms with van der Waals surface area (Å²) in [6.45, 7) is 4.91. The number of benzene rings is 3. The number of carbonyl (C=O) groups is 2. The van der Waals surface area contributed by atoms with E-state index in [-0.39, 0.29) is 10.8 Å². The standard InChI is InChI=1S/C29H34N2O3S.C2HF3O2/c1-22(2)21-24-10-16-27(17-11-24)35(33,34)31-26-14-12-25(13-15-26)29(18-19-29)28(32)30-20-6-9-23-7-4-3-5-8-23;3-2(4,5)1(6)7/h3-5,7-8,10-17,22,31H,6,9,18-21H2,1-2H3,(H,30,32);(H,6,7). The maximum Gasteiger partial charge on any atom is 0.490 e. The van der Waals surface area contributed by atoms with Crippen LogP contribution in [0.4, 0.5) is 18.9 Å². The van der Waals surface area contributed by atoms with Gasteiger partial charge in [0.25, 0.3) is 10.0 Å². The van der Waals surface area contributed by atoms with Crippen molar-refractivity contribution in [2.75, 3.05) is 11.3 Å². The number of carbonyl (C=O) groups excluding carboxylic acids is 1. The molecule has 7 nitrogen and oxygen atoms in total. The monoisotopic (exact) mass is 604 g/mol. The van der Waals surface area contributed by atoms with Gasteiger partial charge >= 0.3 is 12.1 Å². The molecule has 11 heteroatoms. The van der Waals surface area contributed by atoms with Gasteiger partial charge in [-0.3, -0.25) is 9.52 Å². The third kappa shape index (κ3) is 9.34. The Labute approximate surface area is 244 Å². The van der Waals surface area contributed by atoms with E-state index in [2.05, 4.69) is 36.0 Å². The first-order chi connectivity index (χ1) is 19.7. The molecule has 0 saturated heterocycles. The Morgan fingerprint density at radius 3 is 1.98 bits per heavy atom. The van der Waals surface area contributed by atoms with Gasteiger partial charge in [-0.2, -0.15) is 13.2 Å². The molecule has 1 aliphatic carbocycles. The normalized spacial score (nSPS) is 14.0. The van der Waals surface area contributed by atoms with Crippen LogP contribution in [0.2, 0.25) is 0 Å². The molecule has 1 aliphatic rings. The summed E-state index contributed by atoms with van der Waals surface area (Å²) in [4.78, 5) is 22.0. The molecular weight excluding hydrogens is 569 g/mol. The van der Waals surface area contributed by atoms with Crippen LogP contribution in [0.15, 0.2) is 83.8 Å². The lowest BCUT2D eigenvalue weighted by atomic mass is 9.94. The number of aliphatic carboxylic acids is 1. The SMILES string of the molecule is CC(C)Cc1ccc(S(=O)(=O)Nc2ccc(C3(C(=O)NCCCc4ccccc4)CC3)cc2)cc1.O=C(O)C(F)(F)F. The Hall–Kier alpha value is -3.86. The van der Waals surface area contributed by atoms with Crippen molar-refractivity contribution in [3.05, 3.63) is 95.6 Å². The average Bonchev–Trinajstić information content (AvgIpc) is 3.74. The minimum Gasteiger partial charge on any atom is -0.475 e. The molecule has 0 aliphatic heterocycles. The first-order valence-electron chi connectivity index (χ1n) is 13.6. The highest BCUT2D eigenvalue weighted by atomic mass is 32.2. The van der Waals surface area contributed by atoms with E-state index in [1.54, 1.807) is 24.3 Å². The summed E-state index contributed by atoms with van der Waals surface area (Å²) in [7, 11) is -3.67. The lowest BCUT2D eigenvalue weighted by Crippen LogP contribution is -2.35. The van der Waals surface area contributed by atoms with Gasteiger partial charge in [0.15, 0.2) is 0 Å². The average molecular weight is 605 g/mol. The largest absolute Gasteiger partial charge is 0.490 e. The van der Waals surface area contributed by atoms with E-state index in [1.807, 2.05) is 42.5 Å². The van der Waals surface area contributed by atoms with Crippen LogP contribution < -0.4 is 10.0 Å². The lowest BCUT2D eigenvalue weighted by molar-refractivity contribution is -0.192. The number of sulfonamides is 1. The third-order valence-electron chi connectivity index (χ3n) is 6.77. The van der Waals surface area contributed by atoms with Gasteiger partial charge in [-0.15, -0.1) is 0 Å². The molecule has 0 unspecified atom stereocenters. The molecule has 0 spiro atoms. The van der Waals surface area contributed by atoms with Crippen LogP contribution in [0.25, 0.3) is 0 Å². The van der Waals surface area contributed by atoms with E-state index < -0.39 is 27.6 Å². The lowest BCUT2D eigenvalue weighted by Gasteiger charge is -2.17. The van der Waals surface area contributed by atoms with Gasteiger partial charge in [0, 0.05) is 12.2 Å². The first-order valence-corrected chi connectivity index (χ1v) is 15.1. The topological polar surface area (TPSA) is 113 Å². The maximum absolute atomic E-state index is 12.9.